The molecule has 1 heteroatoms. The van der Waals surface area contributed by atoms with E-state index in [0.29, 0.717) is 5.92 Å². The van der Waals surface area contributed by atoms with E-state index in [1.54, 1.807) is 5.56 Å². The summed E-state index contributed by atoms with van der Waals surface area (Å²) in [7, 11) is 0. The normalized spacial score (nSPS) is 20.7. The van der Waals surface area contributed by atoms with Gasteiger partial charge in [0.25, 0.3) is 0 Å². The lowest BCUT2D eigenvalue weighted by molar-refractivity contribution is 0.403. The van der Waals surface area contributed by atoms with Gasteiger partial charge in [0, 0.05) is 11.8 Å². The Bertz CT molecular complexity index is 2150. The summed E-state index contributed by atoms with van der Waals surface area (Å²) in [6, 6.07) is 25.5. The van der Waals surface area contributed by atoms with Crippen LogP contribution in [0.1, 0.15) is 87.0 Å². The molecule has 9 rings (SSSR count). The Kier molecular flexibility index (Phi) is 5.82. The van der Waals surface area contributed by atoms with Crippen LogP contribution < -0.4 is 15.2 Å². The van der Waals surface area contributed by atoms with E-state index in [0.717, 1.165) is 43.6 Å². The Morgan fingerprint density at radius 3 is 2.59 bits per heavy atom. The molecule has 1 atom stereocenters. The third-order valence-corrected chi connectivity index (χ3v) is 10.9. The first-order valence-corrected chi connectivity index (χ1v) is 16.5. The molecular weight excluding hydrogens is 532 g/mol. The minimum atomic E-state index is 0.0129. The van der Waals surface area contributed by atoms with Crippen molar-refractivity contribution in [1.29, 1.82) is 0 Å². The number of rotatable bonds is 4. The Morgan fingerprint density at radius 2 is 1.68 bits per heavy atom. The zero-order valence-corrected chi connectivity index (χ0v) is 25.8. The van der Waals surface area contributed by atoms with Gasteiger partial charge in [0.2, 0.25) is 0 Å². The Balaban J connectivity index is 1.20. The maximum Gasteiger partial charge on any atom is 0.128 e. The number of allylic oxidation sites excluding steroid dienone is 8. The minimum Gasteiger partial charge on any atom is -0.462 e. The Morgan fingerprint density at radius 1 is 0.795 bits per heavy atom. The highest BCUT2D eigenvalue weighted by molar-refractivity contribution is 5.94. The summed E-state index contributed by atoms with van der Waals surface area (Å²) in [5, 5.41) is 5.68. The standard InChI is InChI=1S/C43H38O/c1-43(2)39-14-7-6-13-37(39)38-20-19-29(26-40(38)43)33-23-34(25-36(24-33)44-35-11-4-3-5-12-35)32-21-30-17-15-27-9-8-10-28-16-18-31(22-32)42(30)41(27)28/h3-4,6-7,9,11,13-15,17-18,21-26,28H,5,8,10,12,16,19-20H2,1-2H3. The van der Waals surface area contributed by atoms with Crippen LogP contribution in [0, 0.1) is 0 Å². The van der Waals surface area contributed by atoms with Crippen molar-refractivity contribution in [2.75, 3.05) is 0 Å². The van der Waals surface area contributed by atoms with Crippen molar-refractivity contribution in [1.82, 2.24) is 0 Å². The van der Waals surface area contributed by atoms with Gasteiger partial charge in [0.1, 0.15) is 11.5 Å². The predicted octanol–water partition coefficient (Wildman–Crippen LogP) is 9.88. The average molecular weight is 571 g/mol. The molecule has 216 valence electrons. The molecule has 0 aromatic heterocycles. The van der Waals surface area contributed by atoms with Crippen molar-refractivity contribution in [2.24, 2.45) is 0 Å². The lowest BCUT2D eigenvalue weighted by atomic mass is 9.78. The second-order valence-electron chi connectivity index (χ2n) is 13.8. The van der Waals surface area contributed by atoms with Crippen LogP contribution >= 0.6 is 0 Å². The molecule has 0 saturated heterocycles. The first-order valence-electron chi connectivity index (χ1n) is 16.5. The molecule has 0 amide bonds. The first kappa shape index (κ1) is 26.1. The Hall–Kier alpha value is -4.36. The zero-order valence-electron chi connectivity index (χ0n) is 25.8. The van der Waals surface area contributed by atoms with E-state index in [2.05, 4.69) is 117 Å². The van der Waals surface area contributed by atoms with Crippen LogP contribution in [-0.2, 0) is 5.41 Å². The molecular formula is C43H38O. The van der Waals surface area contributed by atoms with Crippen LogP contribution in [0.5, 0.6) is 5.75 Å². The van der Waals surface area contributed by atoms with Gasteiger partial charge in [-0.1, -0.05) is 80.6 Å². The SMILES string of the molecule is CC1(C)C2=C(CCC(c3cc(OC4=CC=CCC4)cc(-c4cc5c6c7c(ccc6c4)=CCCC7CC=5)c3)=C2)c2ccccc21. The van der Waals surface area contributed by atoms with Crippen molar-refractivity contribution >= 4 is 34.1 Å². The highest BCUT2D eigenvalue weighted by Gasteiger charge is 2.37. The van der Waals surface area contributed by atoms with E-state index in [1.807, 2.05) is 0 Å². The summed E-state index contributed by atoms with van der Waals surface area (Å²) in [4.78, 5) is 0. The summed E-state index contributed by atoms with van der Waals surface area (Å²) in [6.45, 7) is 4.78. The van der Waals surface area contributed by atoms with Gasteiger partial charge < -0.3 is 4.74 Å². The minimum absolute atomic E-state index is 0.0129. The van der Waals surface area contributed by atoms with Gasteiger partial charge in [-0.15, -0.1) is 0 Å². The smallest absolute Gasteiger partial charge is 0.128 e. The van der Waals surface area contributed by atoms with E-state index >= 15 is 0 Å². The molecule has 4 aromatic rings. The molecule has 5 aliphatic carbocycles. The highest BCUT2D eigenvalue weighted by Crippen LogP contribution is 2.52. The summed E-state index contributed by atoms with van der Waals surface area (Å²) < 4.78 is 6.61. The van der Waals surface area contributed by atoms with Crippen LogP contribution in [0.2, 0.25) is 0 Å². The number of ether oxygens (including phenoxy) is 1. The van der Waals surface area contributed by atoms with Crippen molar-refractivity contribution in [2.45, 2.75) is 70.1 Å². The van der Waals surface area contributed by atoms with E-state index in [9.17, 15) is 0 Å². The maximum atomic E-state index is 6.61. The summed E-state index contributed by atoms with van der Waals surface area (Å²) in [5.41, 5.74) is 12.7. The second kappa shape index (κ2) is 9.83. The number of fused-ring (bicyclic) bond motifs is 2. The third-order valence-electron chi connectivity index (χ3n) is 10.9. The predicted molar refractivity (Wildman–Crippen MR) is 185 cm³/mol. The van der Waals surface area contributed by atoms with Crippen LogP contribution in [0.4, 0.5) is 0 Å². The summed E-state index contributed by atoms with van der Waals surface area (Å²) in [6.07, 6.45) is 21.6. The Labute approximate surface area is 260 Å². The third kappa shape index (κ3) is 4.05. The van der Waals surface area contributed by atoms with E-state index in [-0.39, 0.29) is 5.41 Å². The van der Waals surface area contributed by atoms with Crippen molar-refractivity contribution in [3.05, 3.63) is 135 Å². The van der Waals surface area contributed by atoms with Gasteiger partial charge in [0.15, 0.2) is 0 Å². The van der Waals surface area contributed by atoms with Gasteiger partial charge in [-0.2, -0.15) is 0 Å². The average Bonchev–Trinajstić information content (AvgIpc) is 3.29. The molecule has 0 spiro atoms. The van der Waals surface area contributed by atoms with Crippen LogP contribution in [0.25, 0.3) is 45.2 Å². The fourth-order valence-corrected chi connectivity index (χ4v) is 8.63. The molecule has 0 saturated carbocycles. The maximum absolute atomic E-state index is 6.61. The monoisotopic (exact) mass is 570 g/mol. The molecule has 0 fully saturated rings. The van der Waals surface area contributed by atoms with E-state index < -0.39 is 0 Å². The first-order chi connectivity index (χ1) is 21.5. The van der Waals surface area contributed by atoms with Gasteiger partial charge in [0.05, 0.1) is 0 Å². The molecule has 5 aliphatic rings. The largest absolute Gasteiger partial charge is 0.462 e. The molecule has 1 nitrogen and oxygen atoms in total. The zero-order chi connectivity index (χ0) is 29.4. The molecule has 0 heterocycles. The summed E-state index contributed by atoms with van der Waals surface area (Å²) >= 11 is 0. The second-order valence-corrected chi connectivity index (χ2v) is 13.8. The highest BCUT2D eigenvalue weighted by atomic mass is 16.5. The molecule has 0 bridgehead atoms. The molecule has 0 N–H and O–H groups in total. The number of hydrogen-bond donors (Lipinski definition) is 0. The van der Waals surface area contributed by atoms with E-state index in [4.69, 9.17) is 4.74 Å². The molecule has 0 radical (unpaired) electrons. The van der Waals surface area contributed by atoms with Gasteiger partial charge in [-0.25, -0.2) is 0 Å². The lowest BCUT2D eigenvalue weighted by Crippen LogP contribution is -2.24. The molecule has 0 aliphatic heterocycles. The van der Waals surface area contributed by atoms with Crippen molar-refractivity contribution < 1.29 is 4.74 Å². The summed E-state index contributed by atoms with van der Waals surface area (Å²) in [5.74, 6) is 2.65. The van der Waals surface area contributed by atoms with Gasteiger partial charge in [-0.05, 0) is 152 Å². The van der Waals surface area contributed by atoms with Gasteiger partial charge in [-0.3, -0.25) is 0 Å². The topological polar surface area (TPSA) is 9.23 Å². The molecule has 1 unspecified atom stereocenters. The van der Waals surface area contributed by atoms with Crippen molar-refractivity contribution in [3.63, 3.8) is 0 Å². The van der Waals surface area contributed by atoms with Crippen LogP contribution in [0.15, 0.2) is 102 Å². The van der Waals surface area contributed by atoms with Crippen LogP contribution in [0.3, 0.4) is 0 Å². The van der Waals surface area contributed by atoms with Crippen molar-refractivity contribution in [3.8, 4) is 16.9 Å². The van der Waals surface area contributed by atoms with E-state index in [1.165, 1.54) is 78.6 Å². The molecule has 44 heavy (non-hydrogen) atoms. The fourth-order valence-electron chi connectivity index (χ4n) is 8.63. The fraction of sp³-hybridized carbons (Fsp3) is 0.256. The number of hydrogen-bond acceptors (Lipinski definition) is 1. The van der Waals surface area contributed by atoms with Crippen LogP contribution in [-0.4, -0.2) is 0 Å². The van der Waals surface area contributed by atoms with Gasteiger partial charge >= 0.3 is 0 Å². The number of benzene rings is 4. The molecule has 4 aromatic carbocycles. The lowest BCUT2D eigenvalue weighted by Gasteiger charge is -2.26. The quantitative estimate of drug-likeness (QED) is 0.237.